The van der Waals surface area contributed by atoms with Crippen molar-refractivity contribution in [1.82, 2.24) is 4.98 Å². The molecule has 182 valence electrons. The molecule has 0 fully saturated rings. The second kappa shape index (κ2) is 7.39. The maximum atomic E-state index is 13.8. The topological polar surface area (TPSA) is 31.4 Å². The van der Waals surface area contributed by atoms with Crippen LogP contribution in [0.2, 0.25) is 0 Å². The third kappa shape index (κ3) is 3.97. The van der Waals surface area contributed by atoms with Crippen LogP contribution in [0.25, 0.3) is 0 Å². The first kappa shape index (κ1) is 27.0. The Kier molecular flexibility index (Phi) is 6.24. The minimum absolute atomic E-state index is 0.104. The largest absolute Gasteiger partial charge is 0.541 e. The zero-order chi connectivity index (χ0) is 25.3. The molecule has 32 heavy (non-hydrogen) atoms. The summed E-state index contributed by atoms with van der Waals surface area (Å²) in [4.78, 5) is 2.56. The van der Waals surface area contributed by atoms with Gasteiger partial charge in [0, 0.05) is 0 Å². The first-order valence-corrected chi connectivity index (χ1v) is 9.13. The molecule has 0 radical (unpaired) electrons. The highest BCUT2D eigenvalue weighted by Gasteiger charge is 2.80. The van der Waals surface area contributed by atoms with Gasteiger partial charge in [0.1, 0.15) is 0 Å². The highest BCUT2D eigenvalue weighted by Crippen LogP contribution is 2.59. The van der Waals surface area contributed by atoms with Crippen molar-refractivity contribution in [2.24, 2.45) is 0 Å². The molecule has 0 aliphatic carbocycles. The molecule has 0 atom stereocenters. The van der Waals surface area contributed by atoms with Gasteiger partial charge in [0.2, 0.25) is 0 Å². The molecule has 1 aromatic heterocycles. The first-order chi connectivity index (χ1) is 13.9. The Hall–Kier alpha value is -1.23. The zero-order valence-corrected chi connectivity index (χ0v) is 17.5. The second-order valence-electron chi connectivity index (χ2n) is 7.74. The van der Waals surface area contributed by atoms with Gasteiger partial charge in [-0.25, -0.2) is 0 Å². The third-order valence-corrected chi connectivity index (χ3v) is 4.92. The summed E-state index contributed by atoms with van der Waals surface area (Å²) in [5.41, 5.74) is -17.6. The van der Waals surface area contributed by atoms with Gasteiger partial charge >= 0.3 is 30.6 Å². The number of fused-ring (bicyclic) bond motifs is 2. The molecule has 0 saturated heterocycles. The van der Waals surface area contributed by atoms with E-state index in [-0.39, 0.29) is 12.1 Å². The lowest BCUT2D eigenvalue weighted by Crippen LogP contribution is -2.64. The van der Waals surface area contributed by atoms with Crippen LogP contribution in [0.4, 0.5) is 52.7 Å². The maximum Gasteiger partial charge on any atom is 0.541 e. The van der Waals surface area contributed by atoms with Crippen LogP contribution >= 0.6 is 15.8 Å². The van der Waals surface area contributed by atoms with Crippen molar-refractivity contribution in [3.8, 4) is 0 Å². The summed E-state index contributed by atoms with van der Waals surface area (Å²) in [6, 6.07) is 0.208. The summed E-state index contributed by atoms with van der Waals surface area (Å²) in [7, 11) is 0. The van der Waals surface area contributed by atoms with E-state index >= 15 is 0 Å². The Morgan fingerprint density at radius 3 is 1.19 bits per heavy atom. The van der Waals surface area contributed by atoms with Crippen molar-refractivity contribution in [3.63, 3.8) is 0 Å². The average Bonchev–Trinajstić information content (AvgIpc) is 2.50. The molecule has 0 aromatic carbocycles. The fourth-order valence-corrected chi connectivity index (χ4v) is 3.48. The van der Waals surface area contributed by atoms with Crippen molar-refractivity contribution >= 4 is 21.7 Å². The highest BCUT2D eigenvalue weighted by atomic mass is 79.9. The van der Waals surface area contributed by atoms with Gasteiger partial charge in [0.05, 0.1) is 11.4 Å². The number of aromatic nitrogens is 1. The summed E-state index contributed by atoms with van der Waals surface area (Å²) < 4.78 is 173. The lowest BCUT2D eigenvalue weighted by atomic mass is 9.81. The summed E-state index contributed by atoms with van der Waals surface area (Å²) in [5.74, 6) is -3.47. The molecule has 17 heteroatoms. The molecule has 1 aliphatic heterocycles. The monoisotopic (exact) mass is 555 g/mol. The number of pyridine rings is 1. The highest BCUT2D eigenvalue weighted by molar-refractivity contribution is 9.24. The van der Waals surface area contributed by atoms with Gasteiger partial charge in [-0.15, -0.1) is 0 Å². The van der Waals surface area contributed by atoms with E-state index in [2.05, 4.69) is 14.3 Å². The normalized spacial score (nSPS) is 20.1. The van der Waals surface area contributed by atoms with E-state index in [0.717, 1.165) is 20.8 Å². The van der Waals surface area contributed by atoms with E-state index in [1.165, 1.54) is 0 Å². The Balaban J connectivity index is 3.18. The summed E-state index contributed by atoms with van der Waals surface area (Å²) in [6.07, 6.45) is -25.7. The molecule has 2 bridgehead atoms. The zero-order valence-electron chi connectivity index (χ0n) is 15.9. The van der Waals surface area contributed by atoms with Crippen LogP contribution in [0.3, 0.4) is 0 Å². The summed E-state index contributed by atoms with van der Waals surface area (Å²) in [6.45, 7) is 3.42. The third-order valence-electron chi connectivity index (χ3n) is 4.55. The molecule has 0 unspecified atom stereocenters. The number of rotatable bonds is 0. The average molecular weight is 556 g/mol. The van der Waals surface area contributed by atoms with Crippen LogP contribution in [0.1, 0.15) is 37.7 Å². The van der Waals surface area contributed by atoms with Crippen LogP contribution in [-0.4, -0.2) is 35.6 Å². The molecule has 2 heterocycles. The van der Waals surface area contributed by atoms with Gasteiger partial charge < -0.3 is 9.31 Å². The summed E-state index contributed by atoms with van der Waals surface area (Å²) >= 11 is 1.81. The Bertz CT molecular complexity index is 783. The lowest BCUT2D eigenvalue weighted by molar-refractivity contribution is -0.389. The fraction of sp³-hybridized carbons (Fsp3) is 0.667. The van der Waals surface area contributed by atoms with Crippen LogP contribution in [0.15, 0.2) is 12.1 Å². The van der Waals surface area contributed by atoms with Crippen molar-refractivity contribution in [3.05, 3.63) is 29.1 Å². The number of hydrogen-bond donors (Lipinski definition) is 0. The molecule has 0 saturated carbocycles. The van der Waals surface area contributed by atoms with Crippen LogP contribution < -0.4 is 0 Å². The standard InChI is InChI=1S/C15H11BBrF12NO2/c1-9(2,3)6-4-7-10(12(18,19)20,13(21,22)23)31-16(17)32-11(14(24,25)26,15(27,28)29)8(5-6)30-7/h4-5H,1-3H3. The van der Waals surface area contributed by atoms with Gasteiger partial charge in [-0.1, -0.05) is 36.5 Å². The van der Waals surface area contributed by atoms with Crippen LogP contribution in [0, 0.1) is 0 Å². The summed E-state index contributed by atoms with van der Waals surface area (Å²) in [5, 5.41) is 0. The van der Waals surface area contributed by atoms with Crippen molar-refractivity contribution < 1.29 is 62.0 Å². The minimum atomic E-state index is -6.42. The van der Waals surface area contributed by atoms with E-state index in [4.69, 9.17) is 0 Å². The van der Waals surface area contributed by atoms with Gasteiger partial charge in [0.15, 0.2) is 0 Å². The fourth-order valence-electron chi connectivity index (χ4n) is 2.92. The van der Waals surface area contributed by atoms with Crippen molar-refractivity contribution in [2.75, 3.05) is 0 Å². The van der Waals surface area contributed by atoms with Crippen LogP contribution in [0.5, 0.6) is 0 Å². The molecule has 0 amide bonds. The van der Waals surface area contributed by atoms with E-state index in [1.807, 2.05) is 15.8 Å². The minimum Gasteiger partial charge on any atom is -0.376 e. The van der Waals surface area contributed by atoms with Gasteiger partial charge in [-0.2, -0.15) is 52.7 Å². The molecule has 3 nitrogen and oxygen atoms in total. The van der Waals surface area contributed by atoms with Crippen molar-refractivity contribution in [2.45, 2.75) is 62.1 Å². The molecule has 1 aliphatic rings. The SMILES string of the molecule is CC(C)(C)c1cc2nc(c1)C(C(F)(F)F)(C(F)(F)F)OB(Br)OC2(C(F)(F)F)C(F)(F)F. The molecule has 0 spiro atoms. The van der Waals surface area contributed by atoms with E-state index < -0.39 is 64.2 Å². The quantitative estimate of drug-likeness (QED) is 0.272. The predicted molar refractivity (Wildman–Crippen MR) is 87.4 cm³/mol. The van der Waals surface area contributed by atoms with E-state index in [0.29, 0.717) is 0 Å². The first-order valence-electron chi connectivity index (χ1n) is 8.22. The van der Waals surface area contributed by atoms with Crippen molar-refractivity contribution in [1.29, 1.82) is 0 Å². The molecule has 2 rings (SSSR count). The number of nitrogens with zero attached hydrogens (tertiary/aromatic N) is 1. The van der Waals surface area contributed by atoms with Gasteiger partial charge in [-0.05, 0) is 23.1 Å². The van der Waals surface area contributed by atoms with E-state index in [1.54, 1.807) is 0 Å². The Morgan fingerprint density at radius 1 is 0.688 bits per heavy atom. The number of alkyl halides is 12. The molecular weight excluding hydrogens is 545 g/mol. The molecule has 0 N–H and O–H groups in total. The number of hydrogen-bond acceptors (Lipinski definition) is 3. The Labute approximate surface area is 180 Å². The predicted octanol–water partition coefficient (Wildman–Crippen LogP) is 6.45. The van der Waals surface area contributed by atoms with Gasteiger partial charge in [-0.3, -0.25) is 4.98 Å². The second-order valence-corrected chi connectivity index (χ2v) is 8.49. The van der Waals surface area contributed by atoms with E-state index in [9.17, 15) is 52.7 Å². The molecular formula is C15H11BBrF12NO2. The van der Waals surface area contributed by atoms with Gasteiger partial charge in [0.25, 0.3) is 11.2 Å². The smallest absolute Gasteiger partial charge is 0.376 e. The Morgan fingerprint density at radius 2 is 0.969 bits per heavy atom. The number of halogens is 13. The lowest BCUT2D eigenvalue weighted by Gasteiger charge is -2.44. The maximum absolute atomic E-state index is 13.8. The molecule has 1 aromatic rings. The van der Waals surface area contributed by atoms with Crippen LogP contribution in [-0.2, 0) is 25.9 Å².